The van der Waals surface area contributed by atoms with Gasteiger partial charge in [-0.1, -0.05) is 12.5 Å². The Kier molecular flexibility index (Phi) is 2.52. The van der Waals surface area contributed by atoms with E-state index in [-0.39, 0.29) is 0 Å². The van der Waals surface area contributed by atoms with Gasteiger partial charge in [-0.25, -0.2) is 10.2 Å². The summed E-state index contributed by atoms with van der Waals surface area (Å²) in [4.78, 5) is 10.5. The second-order valence-corrected chi connectivity index (χ2v) is 4.00. The van der Waals surface area contributed by atoms with Gasteiger partial charge in [0.25, 0.3) is 0 Å². The van der Waals surface area contributed by atoms with Gasteiger partial charge in [0.15, 0.2) is 0 Å². The maximum atomic E-state index is 10.5. The molecule has 0 aromatic rings. The van der Waals surface area contributed by atoms with Gasteiger partial charge in [0.2, 0.25) is 0 Å². The molecule has 2 aliphatic rings. The van der Waals surface area contributed by atoms with Gasteiger partial charge in [-0.05, 0) is 31.3 Å². The fourth-order valence-electron chi connectivity index (χ4n) is 2.29. The van der Waals surface area contributed by atoms with E-state index in [1.807, 2.05) is 6.08 Å². The molecule has 1 fully saturated rings. The van der Waals surface area contributed by atoms with E-state index in [2.05, 4.69) is 16.6 Å². The van der Waals surface area contributed by atoms with Gasteiger partial charge in [0.05, 0.1) is 5.71 Å². The normalized spacial score (nSPS) is 33.0. The van der Waals surface area contributed by atoms with E-state index in [0.717, 1.165) is 11.6 Å². The maximum Gasteiger partial charge on any atom is 0.332 e. The maximum absolute atomic E-state index is 10.5. The van der Waals surface area contributed by atoms with Gasteiger partial charge < -0.3 is 5.73 Å². The Morgan fingerprint density at radius 1 is 1.57 bits per heavy atom. The third-order valence-electron chi connectivity index (χ3n) is 2.97. The Morgan fingerprint density at radius 2 is 2.43 bits per heavy atom. The quantitative estimate of drug-likeness (QED) is 0.607. The number of hydrogen-bond acceptors (Lipinski definition) is 2. The lowest BCUT2D eigenvalue weighted by molar-refractivity contribution is 0.249. The Morgan fingerprint density at radius 3 is 3.21 bits per heavy atom. The fourth-order valence-corrected chi connectivity index (χ4v) is 2.29. The summed E-state index contributed by atoms with van der Waals surface area (Å²) in [5, 5.41) is 4.01. The number of allylic oxidation sites excluding steroid dienone is 2. The minimum absolute atomic E-state index is 0.519. The highest BCUT2D eigenvalue weighted by molar-refractivity contribution is 5.98. The van der Waals surface area contributed by atoms with Crippen LogP contribution in [0.4, 0.5) is 4.79 Å². The number of carbonyl (C=O) groups excluding carboxylic acids is 1. The molecule has 14 heavy (non-hydrogen) atoms. The molecule has 0 aromatic carbocycles. The molecule has 0 aromatic heterocycles. The molecule has 4 nitrogen and oxygen atoms in total. The van der Waals surface area contributed by atoms with Crippen molar-refractivity contribution in [2.75, 3.05) is 0 Å². The average Bonchev–Trinajstić information content (AvgIpc) is 2.17. The molecular formula is C10H15N3O. The number of hydrogen-bond donors (Lipinski definition) is 2. The van der Waals surface area contributed by atoms with Crippen molar-refractivity contribution in [3.8, 4) is 0 Å². The summed E-state index contributed by atoms with van der Waals surface area (Å²) in [5.74, 6) is 1.24. The van der Waals surface area contributed by atoms with Crippen molar-refractivity contribution in [1.82, 2.24) is 5.43 Å². The molecule has 2 rings (SSSR count). The summed E-state index contributed by atoms with van der Waals surface area (Å²) in [6.45, 7) is 0. The van der Waals surface area contributed by atoms with Crippen molar-refractivity contribution in [3.05, 3.63) is 12.2 Å². The van der Waals surface area contributed by atoms with Crippen LogP contribution in [0.1, 0.15) is 25.7 Å². The molecule has 76 valence electrons. The van der Waals surface area contributed by atoms with Crippen molar-refractivity contribution >= 4 is 11.7 Å². The van der Waals surface area contributed by atoms with Crippen LogP contribution < -0.4 is 11.2 Å². The fraction of sp³-hybridized carbons (Fsp3) is 0.600. The standard InChI is InChI=1S/C10H15N3O/c11-10(14)13-12-9-5-4-7-2-1-3-8(9)6-7/h4-5,7-8H,1-3,6H2,(H3,11,13,14)/b12-9-. The molecule has 3 N–H and O–H groups in total. The van der Waals surface area contributed by atoms with Crippen LogP contribution in [-0.4, -0.2) is 11.7 Å². The number of nitrogens with two attached hydrogens (primary N) is 1. The average molecular weight is 193 g/mol. The topological polar surface area (TPSA) is 67.5 Å². The Labute approximate surface area is 83.2 Å². The van der Waals surface area contributed by atoms with Gasteiger partial charge in [-0.3, -0.25) is 0 Å². The molecule has 2 bridgehead atoms. The molecule has 0 spiro atoms. The molecule has 0 aliphatic heterocycles. The summed E-state index contributed by atoms with van der Waals surface area (Å²) in [7, 11) is 0. The van der Waals surface area contributed by atoms with E-state index in [1.54, 1.807) is 0 Å². The lowest BCUT2D eigenvalue weighted by Crippen LogP contribution is -2.30. The highest BCUT2D eigenvalue weighted by Gasteiger charge is 2.26. The van der Waals surface area contributed by atoms with E-state index in [4.69, 9.17) is 5.73 Å². The number of nitrogens with zero attached hydrogens (tertiary/aromatic N) is 1. The van der Waals surface area contributed by atoms with Gasteiger partial charge in [-0.2, -0.15) is 5.10 Å². The van der Waals surface area contributed by atoms with Gasteiger partial charge in [0, 0.05) is 5.92 Å². The largest absolute Gasteiger partial charge is 0.350 e. The number of nitrogens with one attached hydrogen (secondary N) is 1. The van der Waals surface area contributed by atoms with E-state index in [0.29, 0.717) is 5.92 Å². The molecule has 0 heterocycles. The van der Waals surface area contributed by atoms with E-state index < -0.39 is 6.03 Å². The number of amides is 2. The monoisotopic (exact) mass is 193 g/mol. The summed E-state index contributed by atoms with van der Waals surface area (Å²) < 4.78 is 0. The molecular weight excluding hydrogens is 178 g/mol. The highest BCUT2D eigenvalue weighted by Crippen LogP contribution is 2.34. The Hall–Kier alpha value is -1.32. The van der Waals surface area contributed by atoms with Crippen LogP contribution in [-0.2, 0) is 0 Å². The van der Waals surface area contributed by atoms with Gasteiger partial charge in [-0.15, -0.1) is 0 Å². The van der Waals surface area contributed by atoms with Crippen molar-refractivity contribution in [2.24, 2.45) is 22.7 Å². The first-order valence-electron chi connectivity index (χ1n) is 5.07. The molecule has 4 heteroatoms. The molecule has 2 unspecified atom stereocenters. The third kappa shape index (κ3) is 1.95. The molecule has 2 aliphatic carbocycles. The van der Waals surface area contributed by atoms with Crippen molar-refractivity contribution in [1.29, 1.82) is 0 Å². The van der Waals surface area contributed by atoms with Gasteiger partial charge >= 0.3 is 6.03 Å². The van der Waals surface area contributed by atoms with Crippen LogP contribution in [0.15, 0.2) is 17.3 Å². The first-order chi connectivity index (χ1) is 6.75. The number of rotatable bonds is 1. The first-order valence-corrected chi connectivity index (χ1v) is 5.07. The van der Waals surface area contributed by atoms with Gasteiger partial charge in [0.1, 0.15) is 0 Å². The zero-order valence-electron chi connectivity index (χ0n) is 8.07. The molecule has 2 atom stereocenters. The van der Waals surface area contributed by atoms with Crippen molar-refractivity contribution in [2.45, 2.75) is 25.7 Å². The number of primary amides is 1. The zero-order valence-corrected chi connectivity index (χ0v) is 8.07. The van der Waals surface area contributed by atoms with E-state index in [1.165, 1.54) is 25.7 Å². The summed E-state index contributed by atoms with van der Waals surface area (Å²) >= 11 is 0. The second-order valence-electron chi connectivity index (χ2n) is 4.00. The van der Waals surface area contributed by atoms with E-state index >= 15 is 0 Å². The molecule has 0 radical (unpaired) electrons. The summed E-state index contributed by atoms with van der Waals surface area (Å²) in [5.41, 5.74) is 8.22. The lowest BCUT2D eigenvalue weighted by atomic mass is 9.75. The molecule has 1 saturated carbocycles. The lowest BCUT2D eigenvalue weighted by Gasteiger charge is -2.30. The number of hydrazone groups is 1. The third-order valence-corrected chi connectivity index (χ3v) is 2.97. The zero-order chi connectivity index (χ0) is 9.97. The smallest absolute Gasteiger partial charge is 0.332 e. The minimum atomic E-state index is -0.594. The summed E-state index contributed by atoms with van der Waals surface area (Å²) in [6.07, 6.45) is 9.12. The summed E-state index contributed by atoms with van der Waals surface area (Å²) in [6, 6.07) is -0.594. The van der Waals surface area contributed by atoms with Crippen LogP contribution in [0.3, 0.4) is 0 Å². The number of urea groups is 1. The Bertz CT molecular complexity index is 296. The molecule has 0 saturated heterocycles. The van der Waals surface area contributed by atoms with Crippen LogP contribution in [0.5, 0.6) is 0 Å². The van der Waals surface area contributed by atoms with Crippen molar-refractivity contribution < 1.29 is 4.79 Å². The number of carbonyl (C=O) groups is 1. The SMILES string of the molecule is NC(=O)N/N=C1/C=CC2CCCC1C2. The molecule has 2 amide bonds. The second kappa shape index (κ2) is 3.82. The Balaban J connectivity index is 2.08. The van der Waals surface area contributed by atoms with Crippen LogP contribution in [0, 0.1) is 11.8 Å². The van der Waals surface area contributed by atoms with Crippen LogP contribution >= 0.6 is 0 Å². The van der Waals surface area contributed by atoms with Crippen LogP contribution in [0.25, 0.3) is 0 Å². The van der Waals surface area contributed by atoms with E-state index in [9.17, 15) is 4.79 Å². The number of fused-ring (bicyclic) bond motifs is 2. The minimum Gasteiger partial charge on any atom is -0.350 e. The van der Waals surface area contributed by atoms with Crippen molar-refractivity contribution in [3.63, 3.8) is 0 Å². The first kappa shape index (κ1) is 9.24. The van der Waals surface area contributed by atoms with Crippen LogP contribution in [0.2, 0.25) is 0 Å². The predicted molar refractivity (Wildman–Crippen MR) is 54.7 cm³/mol. The predicted octanol–water partition coefficient (Wildman–Crippen LogP) is 1.39. The highest BCUT2D eigenvalue weighted by atomic mass is 16.2.